The van der Waals surface area contributed by atoms with Gasteiger partial charge in [-0.15, -0.1) is 12.4 Å². The summed E-state index contributed by atoms with van der Waals surface area (Å²) in [6.45, 7) is 5.31. The Kier molecular flexibility index (Phi) is 4.00. The molecule has 4 heteroatoms. The van der Waals surface area contributed by atoms with Crippen LogP contribution in [0, 0.1) is 5.82 Å². The van der Waals surface area contributed by atoms with Crippen LogP contribution in [0.1, 0.15) is 30.7 Å². The van der Waals surface area contributed by atoms with Crippen molar-refractivity contribution in [1.82, 2.24) is 4.98 Å². The number of hydrogen-bond acceptors (Lipinski definition) is 2. The average molecular weight is 293 g/mol. The molecular formula is C16H18ClFN2. The molecule has 1 aromatic carbocycles. The Morgan fingerprint density at radius 1 is 1.20 bits per heavy atom. The standard InChI is InChI=1S/C16H17FN2.ClH/c1-16(2)10-19-14-8-12(9-18-15(14)16)7-11-3-5-13(17)6-4-11;/h3-6,8-9,19H,7,10H2,1-2H3;1H. The molecule has 3 rings (SSSR count). The zero-order valence-corrected chi connectivity index (χ0v) is 12.4. The highest BCUT2D eigenvalue weighted by molar-refractivity contribution is 5.85. The lowest BCUT2D eigenvalue weighted by Gasteiger charge is -2.15. The molecule has 0 amide bonds. The van der Waals surface area contributed by atoms with Crippen molar-refractivity contribution in [1.29, 1.82) is 0 Å². The largest absolute Gasteiger partial charge is 0.383 e. The number of pyridine rings is 1. The van der Waals surface area contributed by atoms with E-state index >= 15 is 0 Å². The SMILES string of the molecule is CC1(C)CNc2cc(Cc3ccc(F)cc3)cnc21.Cl. The van der Waals surface area contributed by atoms with E-state index in [4.69, 9.17) is 0 Å². The van der Waals surface area contributed by atoms with Gasteiger partial charge in [0, 0.05) is 18.2 Å². The first-order valence-electron chi connectivity index (χ1n) is 6.52. The highest BCUT2D eigenvalue weighted by Gasteiger charge is 2.31. The Labute approximate surface area is 124 Å². The first kappa shape index (κ1) is 14.8. The summed E-state index contributed by atoms with van der Waals surface area (Å²) in [5.74, 6) is -0.195. The van der Waals surface area contributed by atoms with Crippen LogP contribution in [0.5, 0.6) is 0 Å². The van der Waals surface area contributed by atoms with Crippen LogP contribution in [0.25, 0.3) is 0 Å². The van der Waals surface area contributed by atoms with E-state index < -0.39 is 0 Å². The maximum atomic E-state index is 12.9. The lowest BCUT2D eigenvalue weighted by molar-refractivity contribution is 0.568. The van der Waals surface area contributed by atoms with Crippen molar-refractivity contribution in [3.8, 4) is 0 Å². The number of nitrogens with zero attached hydrogens (tertiary/aromatic N) is 1. The summed E-state index contributed by atoms with van der Waals surface area (Å²) in [7, 11) is 0. The van der Waals surface area contributed by atoms with Crippen LogP contribution in [0.15, 0.2) is 36.5 Å². The van der Waals surface area contributed by atoms with Crippen molar-refractivity contribution in [3.63, 3.8) is 0 Å². The second-order valence-corrected chi connectivity index (χ2v) is 5.78. The van der Waals surface area contributed by atoms with E-state index in [9.17, 15) is 4.39 Å². The number of fused-ring (bicyclic) bond motifs is 1. The summed E-state index contributed by atoms with van der Waals surface area (Å²) in [5.41, 5.74) is 4.61. The van der Waals surface area contributed by atoms with Gasteiger partial charge in [-0.05, 0) is 35.7 Å². The van der Waals surface area contributed by atoms with Crippen molar-refractivity contribution in [2.24, 2.45) is 0 Å². The van der Waals surface area contributed by atoms with Gasteiger partial charge in [0.1, 0.15) is 5.82 Å². The molecule has 0 saturated carbocycles. The van der Waals surface area contributed by atoms with E-state index in [-0.39, 0.29) is 23.6 Å². The highest BCUT2D eigenvalue weighted by atomic mass is 35.5. The topological polar surface area (TPSA) is 24.9 Å². The number of rotatable bonds is 2. The molecule has 2 heterocycles. The molecular weight excluding hydrogens is 275 g/mol. The van der Waals surface area contributed by atoms with Crippen molar-refractivity contribution >= 4 is 18.1 Å². The third-order valence-corrected chi connectivity index (χ3v) is 3.63. The Balaban J connectivity index is 0.00000147. The number of nitrogens with one attached hydrogen (secondary N) is 1. The Hall–Kier alpha value is -1.61. The molecule has 0 aliphatic carbocycles. The molecule has 0 atom stereocenters. The van der Waals surface area contributed by atoms with Gasteiger partial charge in [-0.1, -0.05) is 26.0 Å². The zero-order chi connectivity index (χ0) is 13.5. The number of aromatic nitrogens is 1. The van der Waals surface area contributed by atoms with Crippen molar-refractivity contribution < 1.29 is 4.39 Å². The minimum Gasteiger partial charge on any atom is -0.383 e. The molecule has 1 aliphatic heterocycles. The molecule has 1 aliphatic rings. The van der Waals surface area contributed by atoms with Gasteiger partial charge in [-0.2, -0.15) is 0 Å². The Morgan fingerprint density at radius 2 is 1.90 bits per heavy atom. The van der Waals surface area contributed by atoms with Gasteiger partial charge >= 0.3 is 0 Å². The van der Waals surface area contributed by atoms with E-state index in [0.717, 1.165) is 35.5 Å². The second-order valence-electron chi connectivity index (χ2n) is 5.78. The zero-order valence-electron chi connectivity index (χ0n) is 11.6. The van der Waals surface area contributed by atoms with Crippen LogP contribution in [0.2, 0.25) is 0 Å². The number of hydrogen-bond donors (Lipinski definition) is 1. The van der Waals surface area contributed by atoms with E-state index in [1.54, 1.807) is 0 Å². The number of benzene rings is 1. The second kappa shape index (κ2) is 5.41. The molecule has 0 radical (unpaired) electrons. The lowest BCUT2D eigenvalue weighted by atomic mass is 9.91. The Bertz CT molecular complexity index is 608. The number of anilines is 1. The normalized spacial score (nSPS) is 15.2. The minimum absolute atomic E-state index is 0. The van der Waals surface area contributed by atoms with Crippen molar-refractivity contribution in [3.05, 3.63) is 59.2 Å². The third-order valence-electron chi connectivity index (χ3n) is 3.63. The summed E-state index contributed by atoms with van der Waals surface area (Å²) < 4.78 is 12.9. The fourth-order valence-corrected chi connectivity index (χ4v) is 2.52. The molecule has 2 nitrogen and oxygen atoms in total. The fourth-order valence-electron chi connectivity index (χ4n) is 2.52. The van der Waals surface area contributed by atoms with E-state index in [1.165, 1.54) is 12.1 Å². The quantitative estimate of drug-likeness (QED) is 0.907. The molecule has 2 aromatic rings. The predicted octanol–water partition coefficient (Wildman–Crippen LogP) is 3.94. The average Bonchev–Trinajstić information content (AvgIpc) is 2.68. The summed E-state index contributed by atoms with van der Waals surface area (Å²) in [4.78, 5) is 4.59. The van der Waals surface area contributed by atoms with E-state index in [0.29, 0.717) is 0 Å². The smallest absolute Gasteiger partial charge is 0.123 e. The van der Waals surface area contributed by atoms with Gasteiger partial charge < -0.3 is 5.32 Å². The van der Waals surface area contributed by atoms with Crippen molar-refractivity contribution in [2.45, 2.75) is 25.7 Å². The van der Waals surface area contributed by atoms with Gasteiger partial charge in [0.05, 0.1) is 11.4 Å². The Morgan fingerprint density at radius 3 is 2.60 bits per heavy atom. The maximum Gasteiger partial charge on any atom is 0.123 e. The molecule has 0 unspecified atom stereocenters. The van der Waals surface area contributed by atoms with Gasteiger partial charge in [0.15, 0.2) is 0 Å². The maximum absolute atomic E-state index is 12.9. The number of halogens is 2. The third kappa shape index (κ3) is 2.78. The fraction of sp³-hybridized carbons (Fsp3) is 0.312. The van der Waals surface area contributed by atoms with Crippen LogP contribution in [-0.4, -0.2) is 11.5 Å². The van der Waals surface area contributed by atoms with Crippen LogP contribution in [0.3, 0.4) is 0 Å². The van der Waals surface area contributed by atoms with Gasteiger partial charge in [0.2, 0.25) is 0 Å². The van der Waals surface area contributed by atoms with Crippen molar-refractivity contribution in [2.75, 3.05) is 11.9 Å². The monoisotopic (exact) mass is 292 g/mol. The van der Waals surface area contributed by atoms with Gasteiger partial charge in [-0.25, -0.2) is 4.39 Å². The summed E-state index contributed by atoms with van der Waals surface area (Å²) >= 11 is 0. The first-order valence-corrected chi connectivity index (χ1v) is 6.52. The van der Waals surface area contributed by atoms with E-state index in [2.05, 4.69) is 30.2 Å². The molecule has 1 aromatic heterocycles. The lowest BCUT2D eigenvalue weighted by Crippen LogP contribution is -2.19. The van der Waals surface area contributed by atoms with Crippen LogP contribution < -0.4 is 5.32 Å². The molecule has 0 saturated heterocycles. The van der Waals surface area contributed by atoms with Gasteiger partial charge in [-0.3, -0.25) is 4.98 Å². The molecule has 0 fully saturated rings. The highest BCUT2D eigenvalue weighted by Crippen LogP contribution is 2.34. The summed E-state index contributed by atoms with van der Waals surface area (Å²) in [6.07, 6.45) is 2.71. The first-order chi connectivity index (χ1) is 9.04. The van der Waals surface area contributed by atoms with Crippen LogP contribution in [-0.2, 0) is 11.8 Å². The van der Waals surface area contributed by atoms with E-state index in [1.807, 2.05) is 18.3 Å². The van der Waals surface area contributed by atoms with Crippen LogP contribution in [0.4, 0.5) is 10.1 Å². The molecule has 106 valence electrons. The molecule has 0 spiro atoms. The minimum atomic E-state index is -0.195. The molecule has 0 bridgehead atoms. The summed E-state index contributed by atoms with van der Waals surface area (Å²) in [6, 6.07) is 8.79. The molecule has 1 N–H and O–H groups in total. The predicted molar refractivity (Wildman–Crippen MR) is 82.2 cm³/mol. The van der Waals surface area contributed by atoms with Crippen LogP contribution >= 0.6 is 12.4 Å². The summed E-state index contributed by atoms with van der Waals surface area (Å²) in [5, 5.41) is 3.40. The molecule has 20 heavy (non-hydrogen) atoms. The van der Waals surface area contributed by atoms with Gasteiger partial charge in [0.25, 0.3) is 0 Å².